The fourth-order valence-electron chi connectivity index (χ4n) is 3.51. The van der Waals surface area contributed by atoms with Crippen LogP contribution in [0, 0.1) is 0 Å². The number of carbonyl (C=O) groups excluding carboxylic acids is 3. The van der Waals surface area contributed by atoms with E-state index < -0.39 is 0 Å². The van der Waals surface area contributed by atoms with E-state index in [1.807, 2.05) is 24.3 Å². The van der Waals surface area contributed by atoms with Gasteiger partial charge in [0.15, 0.2) is 5.78 Å². The van der Waals surface area contributed by atoms with Crippen LogP contribution in [0.2, 0.25) is 0 Å². The van der Waals surface area contributed by atoms with Crippen LogP contribution < -0.4 is 15.1 Å². The quantitative estimate of drug-likeness (QED) is 0.757. The minimum absolute atomic E-state index is 0.0290. The second-order valence-electron chi connectivity index (χ2n) is 7.35. The highest BCUT2D eigenvalue weighted by atomic mass is 16.2. The molecule has 0 spiro atoms. The van der Waals surface area contributed by atoms with Crippen LogP contribution in [-0.4, -0.2) is 37.2 Å². The van der Waals surface area contributed by atoms with Crippen LogP contribution in [0.1, 0.15) is 43.5 Å². The third-order valence-corrected chi connectivity index (χ3v) is 5.14. The topological polar surface area (TPSA) is 69.7 Å². The molecule has 6 heteroatoms. The van der Waals surface area contributed by atoms with Crippen molar-refractivity contribution < 1.29 is 14.4 Å². The molecule has 1 N–H and O–H groups in total. The summed E-state index contributed by atoms with van der Waals surface area (Å²) in [5, 5.41) is 2.77. The number of anilines is 3. The number of Topliss-reactive ketones (excluding diaryl/α,β-unsaturated/α-hetero) is 1. The fraction of sp³-hybridized carbons (Fsp3) is 0.348. The van der Waals surface area contributed by atoms with Gasteiger partial charge in [0.05, 0.1) is 0 Å². The average Bonchev–Trinajstić information content (AvgIpc) is 2.73. The molecule has 0 radical (unpaired) electrons. The second kappa shape index (κ2) is 9.37. The average molecular weight is 393 g/mol. The van der Waals surface area contributed by atoms with Gasteiger partial charge in [-0.25, -0.2) is 0 Å². The van der Waals surface area contributed by atoms with E-state index in [4.69, 9.17) is 0 Å². The molecular formula is C23H27N3O3. The lowest BCUT2D eigenvalue weighted by Gasteiger charge is -2.29. The third-order valence-electron chi connectivity index (χ3n) is 5.14. The molecule has 2 aromatic carbocycles. The Morgan fingerprint density at radius 3 is 2.07 bits per heavy atom. The van der Waals surface area contributed by atoms with Crippen molar-refractivity contribution in [1.82, 2.24) is 0 Å². The van der Waals surface area contributed by atoms with Gasteiger partial charge in [0.1, 0.15) is 6.54 Å². The van der Waals surface area contributed by atoms with Crippen molar-refractivity contribution in [3.8, 4) is 0 Å². The molecule has 0 saturated carbocycles. The second-order valence-corrected chi connectivity index (χ2v) is 7.35. The van der Waals surface area contributed by atoms with Gasteiger partial charge in [0, 0.05) is 42.6 Å². The summed E-state index contributed by atoms with van der Waals surface area (Å²) in [6.07, 6.45) is 3.68. The van der Waals surface area contributed by atoms with E-state index in [0.29, 0.717) is 16.9 Å². The molecule has 1 fully saturated rings. The molecule has 29 heavy (non-hydrogen) atoms. The summed E-state index contributed by atoms with van der Waals surface area (Å²) < 4.78 is 0. The van der Waals surface area contributed by atoms with Crippen molar-refractivity contribution in [2.24, 2.45) is 0 Å². The lowest BCUT2D eigenvalue weighted by Crippen LogP contribution is -2.36. The van der Waals surface area contributed by atoms with Gasteiger partial charge in [-0.05, 0) is 74.7 Å². The number of carbonyl (C=O) groups is 3. The molecule has 0 aromatic heterocycles. The van der Waals surface area contributed by atoms with Gasteiger partial charge < -0.3 is 15.1 Å². The van der Waals surface area contributed by atoms with Gasteiger partial charge in [-0.1, -0.05) is 0 Å². The van der Waals surface area contributed by atoms with Crippen molar-refractivity contribution >= 4 is 34.7 Å². The number of amides is 2. The number of nitrogens with zero attached hydrogens (tertiary/aromatic N) is 2. The zero-order valence-corrected chi connectivity index (χ0v) is 17.0. The number of ketones is 1. The summed E-state index contributed by atoms with van der Waals surface area (Å²) in [6, 6.07) is 14.5. The largest absolute Gasteiger partial charge is 0.372 e. The normalized spacial score (nSPS) is 13.7. The maximum Gasteiger partial charge on any atom is 0.244 e. The van der Waals surface area contributed by atoms with Gasteiger partial charge in [-0.15, -0.1) is 0 Å². The van der Waals surface area contributed by atoms with Crippen LogP contribution >= 0.6 is 0 Å². The SMILES string of the molecule is CC(=O)c1ccc(NC(=O)CN(C(C)=O)c2ccc(N3CCCCC3)cc2)cc1. The number of hydrogen-bond acceptors (Lipinski definition) is 4. The molecule has 1 aliphatic heterocycles. The van der Waals surface area contributed by atoms with Gasteiger partial charge in [0.2, 0.25) is 11.8 Å². The fourth-order valence-corrected chi connectivity index (χ4v) is 3.51. The predicted molar refractivity (Wildman–Crippen MR) is 116 cm³/mol. The number of benzene rings is 2. The summed E-state index contributed by atoms with van der Waals surface area (Å²) in [6.45, 7) is 4.98. The third kappa shape index (κ3) is 5.44. The summed E-state index contributed by atoms with van der Waals surface area (Å²) in [5.74, 6) is -0.521. The monoisotopic (exact) mass is 393 g/mol. The Morgan fingerprint density at radius 1 is 0.897 bits per heavy atom. The summed E-state index contributed by atoms with van der Waals surface area (Å²) >= 11 is 0. The Labute approximate surface area is 171 Å². The molecule has 1 saturated heterocycles. The Balaban J connectivity index is 1.65. The molecule has 0 atom stereocenters. The van der Waals surface area contributed by atoms with Crippen LogP contribution in [0.5, 0.6) is 0 Å². The number of nitrogens with one attached hydrogen (secondary N) is 1. The summed E-state index contributed by atoms with van der Waals surface area (Å²) in [7, 11) is 0. The van der Waals surface area contributed by atoms with Gasteiger partial charge >= 0.3 is 0 Å². The summed E-state index contributed by atoms with van der Waals surface area (Å²) in [4.78, 5) is 39.7. The molecule has 3 rings (SSSR count). The van der Waals surface area contributed by atoms with E-state index in [1.165, 1.54) is 38.0 Å². The highest BCUT2D eigenvalue weighted by Crippen LogP contribution is 2.24. The Bertz CT molecular complexity index is 869. The van der Waals surface area contributed by atoms with Crippen LogP contribution in [0.25, 0.3) is 0 Å². The molecule has 1 aliphatic rings. The Kier molecular flexibility index (Phi) is 6.65. The van der Waals surface area contributed by atoms with Crippen molar-refractivity contribution in [2.75, 3.05) is 34.8 Å². The molecule has 1 heterocycles. The first-order valence-electron chi connectivity index (χ1n) is 9.98. The Morgan fingerprint density at radius 2 is 1.52 bits per heavy atom. The molecule has 6 nitrogen and oxygen atoms in total. The first-order chi connectivity index (χ1) is 13.9. The minimum atomic E-state index is -0.295. The van der Waals surface area contributed by atoms with Crippen LogP contribution in [0.4, 0.5) is 17.1 Å². The molecule has 2 aromatic rings. The van der Waals surface area contributed by atoms with E-state index in [0.717, 1.165) is 18.8 Å². The molecule has 2 amide bonds. The molecule has 0 aliphatic carbocycles. The smallest absolute Gasteiger partial charge is 0.244 e. The molecule has 152 valence electrons. The van der Waals surface area contributed by atoms with Crippen molar-refractivity contribution in [3.05, 3.63) is 54.1 Å². The lowest BCUT2D eigenvalue weighted by atomic mass is 10.1. The molecule has 0 unspecified atom stereocenters. The first kappa shape index (κ1) is 20.6. The first-order valence-corrected chi connectivity index (χ1v) is 9.98. The van der Waals surface area contributed by atoms with Gasteiger partial charge in [-0.3, -0.25) is 14.4 Å². The van der Waals surface area contributed by atoms with Gasteiger partial charge in [-0.2, -0.15) is 0 Å². The zero-order valence-electron chi connectivity index (χ0n) is 17.0. The van der Waals surface area contributed by atoms with E-state index in [-0.39, 0.29) is 24.1 Å². The maximum absolute atomic E-state index is 12.5. The number of hydrogen-bond donors (Lipinski definition) is 1. The van der Waals surface area contributed by atoms with E-state index in [2.05, 4.69) is 10.2 Å². The lowest BCUT2D eigenvalue weighted by molar-refractivity contribution is -0.120. The predicted octanol–water partition coefficient (Wildman–Crippen LogP) is 3.87. The van der Waals surface area contributed by atoms with E-state index in [9.17, 15) is 14.4 Å². The molecule has 0 bridgehead atoms. The van der Waals surface area contributed by atoms with Crippen LogP contribution in [0.15, 0.2) is 48.5 Å². The number of piperidine rings is 1. The van der Waals surface area contributed by atoms with E-state index in [1.54, 1.807) is 24.3 Å². The van der Waals surface area contributed by atoms with Gasteiger partial charge in [0.25, 0.3) is 0 Å². The van der Waals surface area contributed by atoms with Crippen molar-refractivity contribution in [1.29, 1.82) is 0 Å². The maximum atomic E-state index is 12.5. The standard InChI is InChI=1S/C23H27N3O3/c1-17(27)19-6-8-20(9-7-19)24-23(29)16-26(18(2)28)22-12-10-21(11-13-22)25-14-4-3-5-15-25/h6-13H,3-5,14-16H2,1-2H3,(H,24,29). The van der Waals surface area contributed by atoms with Crippen molar-refractivity contribution in [3.63, 3.8) is 0 Å². The van der Waals surface area contributed by atoms with Crippen molar-refractivity contribution in [2.45, 2.75) is 33.1 Å². The minimum Gasteiger partial charge on any atom is -0.372 e. The number of rotatable bonds is 6. The highest BCUT2D eigenvalue weighted by molar-refractivity contribution is 6.02. The molecular weight excluding hydrogens is 366 g/mol. The van der Waals surface area contributed by atoms with E-state index >= 15 is 0 Å². The Hall–Kier alpha value is -3.15. The van der Waals surface area contributed by atoms with Crippen LogP contribution in [-0.2, 0) is 9.59 Å². The van der Waals surface area contributed by atoms with Crippen LogP contribution in [0.3, 0.4) is 0 Å². The zero-order chi connectivity index (χ0) is 20.8. The summed E-state index contributed by atoms with van der Waals surface area (Å²) in [5.41, 5.74) is 3.01. The highest BCUT2D eigenvalue weighted by Gasteiger charge is 2.17.